The Morgan fingerprint density at radius 2 is 2.00 bits per heavy atom. The minimum absolute atomic E-state index is 0.146. The van der Waals surface area contributed by atoms with Gasteiger partial charge in [0.25, 0.3) is 5.95 Å². The molecule has 1 saturated carbocycles. The van der Waals surface area contributed by atoms with E-state index in [-0.39, 0.29) is 5.95 Å². The lowest BCUT2D eigenvalue weighted by Crippen LogP contribution is -1.88. The zero-order valence-electron chi connectivity index (χ0n) is 5.68. The highest BCUT2D eigenvalue weighted by Crippen LogP contribution is 2.25. The van der Waals surface area contributed by atoms with E-state index in [1.54, 1.807) is 0 Å². The summed E-state index contributed by atoms with van der Waals surface area (Å²) in [4.78, 5) is 0. The van der Waals surface area contributed by atoms with Crippen molar-refractivity contribution in [1.82, 2.24) is 0 Å². The molecule has 0 heterocycles. The Morgan fingerprint density at radius 3 is 2.44 bits per heavy atom. The van der Waals surface area contributed by atoms with Crippen molar-refractivity contribution >= 4 is 0 Å². The first-order valence-electron chi connectivity index (χ1n) is 3.29. The van der Waals surface area contributed by atoms with Crippen molar-refractivity contribution in [2.45, 2.75) is 25.7 Å². The Balaban J connectivity index is 2.55. The summed E-state index contributed by atoms with van der Waals surface area (Å²) < 4.78 is 4.67. The third-order valence-electron chi connectivity index (χ3n) is 1.70. The van der Waals surface area contributed by atoms with Crippen molar-refractivity contribution in [1.29, 1.82) is 0 Å². The van der Waals surface area contributed by atoms with Crippen molar-refractivity contribution in [3.05, 3.63) is 11.5 Å². The lowest BCUT2D eigenvalue weighted by molar-refractivity contribution is 0.130. The van der Waals surface area contributed by atoms with Crippen LogP contribution in [0.2, 0.25) is 0 Å². The Kier molecular flexibility index (Phi) is 1.98. The Bertz CT molecular complexity index is 119. The monoisotopic (exact) mass is 128 g/mol. The summed E-state index contributed by atoms with van der Waals surface area (Å²) >= 11 is 0. The third-order valence-corrected chi connectivity index (χ3v) is 1.70. The smallest absolute Gasteiger partial charge is 0.275 e. The molecule has 1 fully saturated rings. The maximum Gasteiger partial charge on any atom is 0.275 e. The molecule has 0 atom stereocenters. The maximum absolute atomic E-state index is 9.02. The molecular weight excluding hydrogens is 116 g/mol. The Morgan fingerprint density at radius 1 is 1.44 bits per heavy atom. The molecule has 0 aromatic rings. The molecule has 0 spiro atoms. The molecule has 1 N–H and O–H groups in total. The van der Waals surface area contributed by atoms with E-state index in [4.69, 9.17) is 5.11 Å². The molecule has 0 radical (unpaired) electrons. The second kappa shape index (κ2) is 2.76. The number of hydrogen-bond donors (Lipinski definition) is 1. The molecule has 2 nitrogen and oxygen atoms in total. The molecule has 0 aliphatic heterocycles. The Hall–Kier alpha value is -0.660. The number of aliphatic hydroxyl groups is 1. The van der Waals surface area contributed by atoms with Crippen molar-refractivity contribution in [3.8, 4) is 0 Å². The van der Waals surface area contributed by atoms with Gasteiger partial charge in [0.1, 0.15) is 0 Å². The van der Waals surface area contributed by atoms with Gasteiger partial charge in [0.2, 0.25) is 0 Å². The standard InChI is InChI=1S/C7H12O2/c1-9-7(8)6-4-2-3-5-6/h8H,2-5H2,1H3. The van der Waals surface area contributed by atoms with Crippen LogP contribution in [0.4, 0.5) is 0 Å². The van der Waals surface area contributed by atoms with Gasteiger partial charge >= 0.3 is 0 Å². The van der Waals surface area contributed by atoms with Gasteiger partial charge in [-0.1, -0.05) is 0 Å². The number of allylic oxidation sites excluding steroid dienone is 1. The second-order valence-electron chi connectivity index (χ2n) is 2.32. The summed E-state index contributed by atoms with van der Waals surface area (Å²) in [7, 11) is 1.50. The van der Waals surface area contributed by atoms with Crippen LogP contribution in [-0.2, 0) is 4.74 Å². The van der Waals surface area contributed by atoms with Crippen LogP contribution in [0.15, 0.2) is 11.5 Å². The van der Waals surface area contributed by atoms with Crippen molar-refractivity contribution < 1.29 is 9.84 Å². The fourth-order valence-corrected chi connectivity index (χ4v) is 1.16. The predicted molar refractivity (Wildman–Crippen MR) is 35.1 cm³/mol. The first-order valence-corrected chi connectivity index (χ1v) is 3.29. The van der Waals surface area contributed by atoms with Crippen LogP contribution >= 0.6 is 0 Å². The maximum atomic E-state index is 9.02. The van der Waals surface area contributed by atoms with E-state index in [2.05, 4.69) is 4.74 Å². The van der Waals surface area contributed by atoms with Crippen molar-refractivity contribution in [2.24, 2.45) is 0 Å². The first-order chi connectivity index (χ1) is 4.34. The molecule has 52 valence electrons. The van der Waals surface area contributed by atoms with E-state index >= 15 is 0 Å². The summed E-state index contributed by atoms with van der Waals surface area (Å²) in [6, 6.07) is 0. The SMILES string of the molecule is COC(O)=C1CCCC1. The van der Waals surface area contributed by atoms with Gasteiger partial charge in [0, 0.05) is 5.57 Å². The fraction of sp³-hybridized carbons (Fsp3) is 0.714. The van der Waals surface area contributed by atoms with Crippen LogP contribution in [0.1, 0.15) is 25.7 Å². The van der Waals surface area contributed by atoms with Gasteiger partial charge in [0.15, 0.2) is 0 Å². The topological polar surface area (TPSA) is 29.5 Å². The largest absolute Gasteiger partial charge is 0.481 e. The number of methoxy groups -OCH3 is 1. The summed E-state index contributed by atoms with van der Waals surface area (Å²) in [5.41, 5.74) is 1.08. The van der Waals surface area contributed by atoms with Crippen LogP contribution in [-0.4, -0.2) is 12.2 Å². The molecule has 0 unspecified atom stereocenters. The lowest BCUT2D eigenvalue weighted by Gasteiger charge is -1.99. The van der Waals surface area contributed by atoms with Gasteiger partial charge in [0.05, 0.1) is 7.11 Å². The predicted octanol–water partition coefficient (Wildman–Crippen LogP) is 1.98. The quantitative estimate of drug-likeness (QED) is 0.547. The van der Waals surface area contributed by atoms with Crippen LogP contribution in [0, 0.1) is 0 Å². The highest BCUT2D eigenvalue weighted by Gasteiger charge is 2.11. The number of hydrogen-bond acceptors (Lipinski definition) is 2. The molecule has 1 aliphatic carbocycles. The number of ether oxygens (including phenoxy) is 1. The minimum Gasteiger partial charge on any atom is -0.481 e. The molecular formula is C7H12O2. The zero-order chi connectivity index (χ0) is 6.69. The van der Waals surface area contributed by atoms with Gasteiger partial charge in [-0.15, -0.1) is 0 Å². The summed E-state index contributed by atoms with van der Waals surface area (Å²) in [5.74, 6) is 0.146. The molecule has 9 heavy (non-hydrogen) atoms. The molecule has 0 aromatic carbocycles. The minimum atomic E-state index is 0.146. The normalized spacial score (nSPS) is 18.1. The van der Waals surface area contributed by atoms with Gasteiger partial charge in [-0.2, -0.15) is 0 Å². The van der Waals surface area contributed by atoms with Crippen LogP contribution in [0.25, 0.3) is 0 Å². The number of aliphatic hydroxyl groups excluding tert-OH is 1. The Labute approximate surface area is 55.1 Å². The summed E-state index contributed by atoms with van der Waals surface area (Å²) in [5, 5.41) is 9.02. The highest BCUT2D eigenvalue weighted by molar-refractivity contribution is 5.06. The van der Waals surface area contributed by atoms with E-state index in [0.717, 1.165) is 18.4 Å². The van der Waals surface area contributed by atoms with Gasteiger partial charge in [-0.3, -0.25) is 0 Å². The molecule has 2 heteroatoms. The van der Waals surface area contributed by atoms with Crippen LogP contribution < -0.4 is 0 Å². The summed E-state index contributed by atoms with van der Waals surface area (Å²) in [6.45, 7) is 0. The van der Waals surface area contributed by atoms with Crippen molar-refractivity contribution in [3.63, 3.8) is 0 Å². The average molecular weight is 128 g/mol. The lowest BCUT2D eigenvalue weighted by atomic mass is 10.2. The fourth-order valence-electron chi connectivity index (χ4n) is 1.16. The number of rotatable bonds is 1. The first kappa shape index (κ1) is 6.46. The third kappa shape index (κ3) is 1.37. The zero-order valence-corrected chi connectivity index (χ0v) is 5.68. The van der Waals surface area contributed by atoms with E-state index < -0.39 is 0 Å². The van der Waals surface area contributed by atoms with E-state index in [1.165, 1.54) is 20.0 Å². The molecule has 1 rings (SSSR count). The molecule has 0 aromatic heterocycles. The highest BCUT2D eigenvalue weighted by atomic mass is 16.6. The van der Waals surface area contributed by atoms with Crippen LogP contribution in [0.5, 0.6) is 0 Å². The van der Waals surface area contributed by atoms with E-state index in [1.807, 2.05) is 0 Å². The molecule has 0 saturated heterocycles. The van der Waals surface area contributed by atoms with E-state index in [0.29, 0.717) is 0 Å². The second-order valence-corrected chi connectivity index (χ2v) is 2.32. The molecule has 0 amide bonds. The van der Waals surface area contributed by atoms with Gasteiger partial charge in [-0.25, -0.2) is 0 Å². The van der Waals surface area contributed by atoms with Gasteiger partial charge < -0.3 is 9.84 Å². The van der Waals surface area contributed by atoms with Crippen LogP contribution in [0.3, 0.4) is 0 Å². The summed E-state index contributed by atoms with van der Waals surface area (Å²) in [6.07, 6.45) is 4.42. The van der Waals surface area contributed by atoms with E-state index in [9.17, 15) is 0 Å². The molecule has 0 bridgehead atoms. The molecule has 1 aliphatic rings. The average Bonchev–Trinajstić information content (AvgIpc) is 2.37. The van der Waals surface area contributed by atoms with Crippen molar-refractivity contribution in [2.75, 3.05) is 7.11 Å². The van der Waals surface area contributed by atoms with Gasteiger partial charge in [-0.05, 0) is 25.7 Å².